The summed E-state index contributed by atoms with van der Waals surface area (Å²) in [5, 5.41) is 0. The molecule has 0 saturated heterocycles. The van der Waals surface area contributed by atoms with E-state index in [0.29, 0.717) is 5.75 Å². The van der Waals surface area contributed by atoms with Gasteiger partial charge in [-0.25, -0.2) is 0 Å². The van der Waals surface area contributed by atoms with Crippen molar-refractivity contribution in [3.05, 3.63) is 41.9 Å². The van der Waals surface area contributed by atoms with Crippen molar-refractivity contribution in [3.8, 4) is 5.75 Å². The molecular weight excluding hydrogens is 279 g/mol. The van der Waals surface area contributed by atoms with Gasteiger partial charge in [0.25, 0.3) is 0 Å². The molecule has 0 saturated carbocycles. The van der Waals surface area contributed by atoms with Crippen LogP contribution in [-0.2, 0) is 0 Å². The van der Waals surface area contributed by atoms with Gasteiger partial charge < -0.3 is 17.7 Å². The van der Waals surface area contributed by atoms with Crippen LogP contribution in [0, 0.1) is 0 Å². The maximum Gasteiger partial charge on any atom is 1.00 e. The van der Waals surface area contributed by atoms with Gasteiger partial charge in [-0.05, 0) is 24.0 Å². The molecule has 0 N–H and O–H groups in total. The molecule has 1 aromatic rings. The zero-order chi connectivity index (χ0) is 13.8. The monoisotopic (exact) mass is 296 g/mol. The Morgan fingerprint density at radius 1 is 1.32 bits per heavy atom. The van der Waals surface area contributed by atoms with Crippen LogP contribution >= 0.6 is 0 Å². The first-order valence-corrected chi connectivity index (χ1v) is 5.95. The number of halogens is 3. The molecule has 0 radical (unpaired) electrons. The Kier molecular flexibility index (Phi) is 8.63. The summed E-state index contributed by atoms with van der Waals surface area (Å²) in [6, 6.07) is 7.18. The van der Waals surface area contributed by atoms with Crippen molar-refractivity contribution in [3.63, 3.8) is 0 Å². The van der Waals surface area contributed by atoms with Crippen LogP contribution in [-0.4, -0.2) is 13.6 Å². The second-order valence-corrected chi connectivity index (χ2v) is 4.37. The third-order valence-electron chi connectivity index (χ3n) is 2.94. The predicted octanol–water partition coefficient (Wildman–Crippen LogP) is 1.53. The van der Waals surface area contributed by atoms with Crippen molar-refractivity contribution in [2.45, 2.75) is 26.2 Å². The van der Waals surface area contributed by atoms with E-state index in [0.717, 1.165) is 12.0 Å². The van der Waals surface area contributed by atoms with Gasteiger partial charge in [-0.3, -0.25) is 0 Å². The summed E-state index contributed by atoms with van der Waals surface area (Å²) in [5.74, 6) is 0.763. The average molecular weight is 296 g/mol. The second-order valence-electron chi connectivity index (χ2n) is 4.37. The van der Waals surface area contributed by atoms with Gasteiger partial charge in [0, 0.05) is 0 Å². The number of rotatable bonds is 6. The van der Waals surface area contributed by atoms with Crippen LogP contribution in [0.2, 0.25) is 0 Å². The van der Waals surface area contributed by atoms with Gasteiger partial charge in [0.1, 0.15) is 5.75 Å². The van der Waals surface area contributed by atoms with E-state index in [1.807, 2.05) is 26.0 Å². The molecule has 0 bridgehead atoms. The molecule has 0 heterocycles. The zero-order valence-electron chi connectivity index (χ0n) is 11.6. The number of para-hydroxylation sites is 1. The summed E-state index contributed by atoms with van der Waals surface area (Å²) in [6.07, 6.45) is 0.907. The quantitative estimate of drug-likeness (QED) is 0.723. The number of ether oxygens (including phenoxy) is 1. The minimum Gasteiger partial charge on any atom is -0.492 e. The van der Waals surface area contributed by atoms with Crippen molar-refractivity contribution >= 4 is 6.98 Å². The Morgan fingerprint density at radius 3 is 2.42 bits per heavy atom. The van der Waals surface area contributed by atoms with Crippen molar-refractivity contribution in [1.82, 2.24) is 0 Å². The first-order chi connectivity index (χ1) is 8.36. The Morgan fingerprint density at radius 2 is 1.89 bits per heavy atom. The molecular formula is C13H17BF3KO. The fraction of sp³-hybridized carbons (Fsp3) is 0.385. The molecule has 0 aromatic heterocycles. The van der Waals surface area contributed by atoms with Crippen LogP contribution in [0.1, 0.15) is 31.7 Å². The van der Waals surface area contributed by atoms with Crippen LogP contribution in [0.4, 0.5) is 12.9 Å². The summed E-state index contributed by atoms with van der Waals surface area (Å²) in [7, 11) is 0. The molecule has 0 aliphatic rings. The van der Waals surface area contributed by atoms with Crippen LogP contribution in [0.25, 0.3) is 0 Å². The minimum atomic E-state index is -5.02. The van der Waals surface area contributed by atoms with Crippen molar-refractivity contribution in [2.75, 3.05) is 6.61 Å². The van der Waals surface area contributed by atoms with E-state index in [-0.39, 0.29) is 57.3 Å². The fourth-order valence-corrected chi connectivity index (χ4v) is 1.50. The first-order valence-electron chi connectivity index (χ1n) is 5.95. The number of benzene rings is 1. The summed E-state index contributed by atoms with van der Waals surface area (Å²) in [5.41, 5.74) is 0.122. The molecule has 0 amide bonds. The molecule has 0 fully saturated rings. The molecule has 0 aliphatic heterocycles. The third-order valence-corrected chi connectivity index (χ3v) is 2.94. The maximum atomic E-state index is 12.4. The maximum absolute atomic E-state index is 12.4. The van der Waals surface area contributed by atoms with Crippen molar-refractivity contribution < 1.29 is 69.1 Å². The van der Waals surface area contributed by atoms with E-state index in [9.17, 15) is 12.9 Å². The van der Waals surface area contributed by atoms with E-state index in [1.54, 1.807) is 12.1 Å². The van der Waals surface area contributed by atoms with Gasteiger partial charge in [-0.1, -0.05) is 32.0 Å². The zero-order valence-corrected chi connectivity index (χ0v) is 14.8. The minimum absolute atomic E-state index is 0. The Hall–Kier alpha value is 0.251. The summed E-state index contributed by atoms with van der Waals surface area (Å²) in [6.45, 7) is 1.53. The van der Waals surface area contributed by atoms with Gasteiger partial charge >= 0.3 is 58.4 Å². The van der Waals surface area contributed by atoms with Gasteiger partial charge in [-0.2, -0.15) is 0 Å². The topological polar surface area (TPSA) is 9.23 Å². The molecule has 0 aliphatic carbocycles. The Bertz CT molecular complexity index is 421. The average Bonchev–Trinajstić information content (AvgIpc) is 2.34. The Balaban J connectivity index is 0.00000324. The molecule has 0 spiro atoms. The summed E-state index contributed by atoms with van der Waals surface area (Å²) >= 11 is 0. The van der Waals surface area contributed by atoms with E-state index in [1.165, 1.54) is 0 Å². The van der Waals surface area contributed by atoms with E-state index in [4.69, 9.17) is 4.74 Å². The smallest absolute Gasteiger partial charge is 0.492 e. The standard InChI is InChI=1S/C13H17BF3O.K/c1-4-10(2)12-7-5-6-8-13(12)18-9-11(3)14(15,16)17;/h5-8,10H,3-4,9H2,1-2H3;/q-1;+1. The van der Waals surface area contributed by atoms with Crippen molar-refractivity contribution in [1.29, 1.82) is 0 Å². The third kappa shape index (κ3) is 6.04. The van der Waals surface area contributed by atoms with E-state index >= 15 is 0 Å². The van der Waals surface area contributed by atoms with E-state index < -0.39 is 19.1 Å². The summed E-state index contributed by atoms with van der Waals surface area (Å²) < 4.78 is 42.3. The summed E-state index contributed by atoms with van der Waals surface area (Å²) in [4.78, 5) is 0. The van der Waals surface area contributed by atoms with Crippen LogP contribution < -0.4 is 56.1 Å². The molecule has 1 aromatic carbocycles. The first kappa shape index (κ1) is 19.3. The largest absolute Gasteiger partial charge is 1.00 e. The van der Waals surface area contributed by atoms with Crippen LogP contribution in [0.5, 0.6) is 5.75 Å². The van der Waals surface area contributed by atoms with Crippen LogP contribution in [0.3, 0.4) is 0 Å². The van der Waals surface area contributed by atoms with Gasteiger partial charge in [0.15, 0.2) is 0 Å². The number of hydrogen-bond acceptors (Lipinski definition) is 1. The normalized spacial score (nSPS) is 12.5. The molecule has 1 nitrogen and oxygen atoms in total. The van der Waals surface area contributed by atoms with Crippen LogP contribution in [0.15, 0.2) is 36.3 Å². The van der Waals surface area contributed by atoms with Gasteiger partial charge in [0.2, 0.25) is 0 Å². The number of hydrogen-bond donors (Lipinski definition) is 0. The second kappa shape index (κ2) is 8.52. The molecule has 100 valence electrons. The Labute approximate surface area is 155 Å². The van der Waals surface area contributed by atoms with Gasteiger partial charge in [0.05, 0.1) is 6.61 Å². The fourth-order valence-electron chi connectivity index (χ4n) is 1.50. The SMILES string of the molecule is C=C(COc1ccccc1C(C)CC)[B-](F)(F)F.[K+]. The van der Waals surface area contributed by atoms with Crippen molar-refractivity contribution in [2.24, 2.45) is 0 Å². The predicted molar refractivity (Wildman–Crippen MR) is 68.9 cm³/mol. The molecule has 1 atom stereocenters. The molecule has 1 rings (SSSR count). The van der Waals surface area contributed by atoms with E-state index in [2.05, 4.69) is 6.58 Å². The molecule has 19 heavy (non-hydrogen) atoms. The van der Waals surface area contributed by atoms with Gasteiger partial charge in [-0.15, -0.1) is 12.1 Å². The molecule has 1 unspecified atom stereocenters. The molecule has 6 heteroatoms.